The maximum absolute atomic E-state index is 13.4. The second-order valence-corrected chi connectivity index (χ2v) is 8.09. The van der Waals surface area contributed by atoms with Gasteiger partial charge < -0.3 is 4.74 Å². The third kappa shape index (κ3) is 3.99. The van der Waals surface area contributed by atoms with Gasteiger partial charge in [-0.15, -0.1) is 0 Å². The Morgan fingerprint density at radius 1 is 1.06 bits per heavy atom. The largest absolute Gasteiger partial charge is 0.489 e. The van der Waals surface area contributed by atoms with Gasteiger partial charge in [-0.1, -0.05) is 50.2 Å². The molecule has 0 unspecified atom stereocenters. The molecular formula is C26H24N2O4. The Kier molecular flexibility index (Phi) is 5.77. The van der Waals surface area contributed by atoms with E-state index in [1.54, 1.807) is 24.4 Å². The molecule has 4 rings (SSSR count). The Hall–Kier alpha value is -3.93. The van der Waals surface area contributed by atoms with Gasteiger partial charge in [0, 0.05) is 17.8 Å². The van der Waals surface area contributed by atoms with Gasteiger partial charge in [-0.3, -0.25) is 19.5 Å². The van der Waals surface area contributed by atoms with E-state index in [2.05, 4.69) is 13.8 Å². The number of hydrogen-bond acceptors (Lipinski definition) is 4. The minimum atomic E-state index is -0.424. The van der Waals surface area contributed by atoms with Gasteiger partial charge in [0.05, 0.1) is 15.8 Å². The van der Waals surface area contributed by atoms with Crippen molar-refractivity contribution in [3.05, 3.63) is 105 Å². The van der Waals surface area contributed by atoms with Crippen molar-refractivity contribution >= 4 is 22.5 Å². The summed E-state index contributed by atoms with van der Waals surface area (Å²) in [5, 5.41) is 11.8. The molecular weight excluding hydrogens is 404 g/mol. The van der Waals surface area contributed by atoms with Gasteiger partial charge in [0.2, 0.25) is 0 Å². The minimum absolute atomic E-state index is 0.00956. The summed E-state index contributed by atoms with van der Waals surface area (Å²) in [5.41, 5.74) is 3.86. The Morgan fingerprint density at radius 3 is 2.50 bits per heavy atom. The molecule has 162 valence electrons. The van der Waals surface area contributed by atoms with Crippen molar-refractivity contribution in [2.24, 2.45) is 0 Å². The van der Waals surface area contributed by atoms with E-state index in [0.29, 0.717) is 23.1 Å². The lowest BCUT2D eigenvalue weighted by Gasteiger charge is -2.16. The van der Waals surface area contributed by atoms with Crippen LogP contribution in [0.2, 0.25) is 0 Å². The summed E-state index contributed by atoms with van der Waals surface area (Å²) in [5.74, 6) is 0.655. The van der Waals surface area contributed by atoms with Crippen molar-refractivity contribution in [1.82, 2.24) is 4.57 Å². The summed E-state index contributed by atoms with van der Waals surface area (Å²) in [4.78, 5) is 24.3. The van der Waals surface area contributed by atoms with Gasteiger partial charge in [0.15, 0.2) is 0 Å². The summed E-state index contributed by atoms with van der Waals surface area (Å²) in [7, 11) is 0. The number of nitro benzene ring substituents is 1. The molecule has 0 saturated carbocycles. The van der Waals surface area contributed by atoms with Crippen LogP contribution >= 0.6 is 0 Å². The van der Waals surface area contributed by atoms with E-state index < -0.39 is 4.92 Å². The van der Waals surface area contributed by atoms with Crippen LogP contribution in [0.5, 0.6) is 5.75 Å². The van der Waals surface area contributed by atoms with Gasteiger partial charge in [0.25, 0.3) is 11.6 Å². The van der Waals surface area contributed by atoms with E-state index >= 15 is 0 Å². The summed E-state index contributed by atoms with van der Waals surface area (Å²) in [6.45, 7) is 6.39. The highest BCUT2D eigenvalue weighted by molar-refractivity contribution is 6.05. The molecule has 0 spiro atoms. The zero-order valence-corrected chi connectivity index (χ0v) is 18.2. The summed E-state index contributed by atoms with van der Waals surface area (Å²) >= 11 is 0. The first-order chi connectivity index (χ1) is 15.4. The highest BCUT2D eigenvalue weighted by Gasteiger charge is 2.21. The molecule has 0 N–H and O–H groups in total. The molecule has 0 amide bonds. The molecule has 1 aromatic heterocycles. The number of nitrogens with zero attached hydrogens (tertiary/aromatic N) is 2. The smallest absolute Gasteiger partial charge is 0.278 e. The van der Waals surface area contributed by atoms with E-state index in [1.807, 2.05) is 49.4 Å². The molecule has 1 heterocycles. The molecule has 3 aromatic carbocycles. The van der Waals surface area contributed by atoms with Crippen LogP contribution in [0.15, 0.2) is 72.9 Å². The number of carbonyl (C=O) groups excluding carboxylic acids is 1. The van der Waals surface area contributed by atoms with Gasteiger partial charge in [-0.25, -0.2) is 0 Å². The maximum Gasteiger partial charge on any atom is 0.278 e. The van der Waals surface area contributed by atoms with E-state index in [4.69, 9.17) is 4.74 Å². The number of aryl methyl sites for hydroxylation is 1. The maximum atomic E-state index is 13.4. The van der Waals surface area contributed by atoms with Gasteiger partial charge in [0.1, 0.15) is 12.4 Å². The number of ether oxygens (including phenoxy) is 1. The second kappa shape index (κ2) is 8.67. The van der Waals surface area contributed by atoms with Crippen LogP contribution in [-0.4, -0.2) is 15.4 Å². The molecule has 0 radical (unpaired) electrons. The highest BCUT2D eigenvalue weighted by atomic mass is 16.6. The fraction of sp³-hybridized carbons (Fsp3) is 0.192. The van der Waals surface area contributed by atoms with Crippen LogP contribution in [0.25, 0.3) is 10.9 Å². The van der Waals surface area contributed by atoms with Crippen molar-refractivity contribution in [2.45, 2.75) is 33.3 Å². The molecule has 0 bridgehead atoms. The molecule has 4 aromatic rings. The quantitative estimate of drug-likeness (QED) is 0.269. The number of carbonyl (C=O) groups is 1. The number of hydrogen-bond donors (Lipinski definition) is 0. The predicted molar refractivity (Wildman–Crippen MR) is 124 cm³/mol. The van der Waals surface area contributed by atoms with Crippen LogP contribution in [0.3, 0.4) is 0 Å². The van der Waals surface area contributed by atoms with Crippen LogP contribution in [0.1, 0.15) is 46.8 Å². The average molecular weight is 428 g/mol. The van der Waals surface area contributed by atoms with E-state index in [-0.39, 0.29) is 17.5 Å². The van der Waals surface area contributed by atoms with Crippen molar-refractivity contribution in [3.8, 4) is 5.75 Å². The topological polar surface area (TPSA) is 74.4 Å². The van der Waals surface area contributed by atoms with Gasteiger partial charge in [-0.2, -0.15) is 0 Å². The van der Waals surface area contributed by atoms with Crippen LogP contribution in [0.4, 0.5) is 5.69 Å². The number of non-ortho nitro benzene ring substituents is 1. The Balaban J connectivity index is 1.69. The fourth-order valence-corrected chi connectivity index (χ4v) is 3.88. The Bertz CT molecular complexity index is 1310. The monoisotopic (exact) mass is 428 g/mol. The number of rotatable bonds is 6. The van der Waals surface area contributed by atoms with Gasteiger partial charge >= 0.3 is 0 Å². The van der Waals surface area contributed by atoms with Gasteiger partial charge in [-0.05, 0) is 53.8 Å². The summed E-state index contributed by atoms with van der Waals surface area (Å²) in [6, 6.07) is 20.1. The first-order valence-electron chi connectivity index (χ1n) is 10.5. The normalized spacial score (nSPS) is 11.1. The highest BCUT2D eigenvalue weighted by Crippen LogP contribution is 2.32. The number of aromatic nitrogens is 1. The average Bonchev–Trinajstić information content (AvgIpc) is 3.23. The lowest BCUT2D eigenvalue weighted by molar-refractivity contribution is -0.383. The van der Waals surface area contributed by atoms with E-state index in [9.17, 15) is 14.9 Å². The van der Waals surface area contributed by atoms with Crippen LogP contribution in [-0.2, 0) is 6.61 Å². The Morgan fingerprint density at radius 2 is 1.81 bits per heavy atom. The summed E-state index contributed by atoms with van der Waals surface area (Å²) < 4.78 is 7.54. The van der Waals surface area contributed by atoms with E-state index in [0.717, 1.165) is 22.4 Å². The number of nitro groups is 1. The van der Waals surface area contributed by atoms with Crippen molar-refractivity contribution in [3.63, 3.8) is 0 Å². The first-order valence-corrected chi connectivity index (χ1v) is 10.5. The lowest BCUT2D eigenvalue weighted by atomic mass is 9.99. The first kappa shape index (κ1) is 21.3. The lowest BCUT2D eigenvalue weighted by Crippen LogP contribution is -2.12. The standard InChI is InChI=1S/C26H24N2O4/c1-17(2)22-15-20(10-12-24(22)32-16-19-7-5-4-6-8-19)26(29)27-14-13-21-23(28(30)31)11-9-18(3)25(21)27/h4-15,17H,16H2,1-3H3. The predicted octanol–water partition coefficient (Wildman–Crippen LogP) is 6.25. The number of fused-ring (bicyclic) bond motifs is 1. The molecule has 32 heavy (non-hydrogen) atoms. The van der Waals surface area contributed by atoms with Crippen molar-refractivity contribution in [2.75, 3.05) is 0 Å². The van der Waals surface area contributed by atoms with E-state index in [1.165, 1.54) is 10.6 Å². The molecule has 0 saturated heterocycles. The third-order valence-corrected chi connectivity index (χ3v) is 5.56. The SMILES string of the molecule is Cc1ccc([N+](=O)[O-])c2ccn(C(=O)c3ccc(OCc4ccccc4)c(C(C)C)c3)c12. The second-order valence-electron chi connectivity index (χ2n) is 8.09. The molecule has 0 aliphatic rings. The molecule has 6 heteroatoms. The fourth-order valence-electron chi connectivity index (χ4n) is 3.88. The zero-order valence-electron chi connectivity index (χ0n) is 18.2. The third-order valence-electron chi connectivity index (χ3n) is 5.56. The minimum Gasteiger partial charge on any atom is -0.489 e. The zero-order chi connectivity index (χ0) is 22.8. The molecule has 0 fully saturated rings. The van der Waals surface area contributed by atoms with Crippen LogP contribution in [0, 0.1) is 17.0 Å². The Labute approximate surface area is 186 Å². The van der Waals surface area contributed by atoms with Crippen molar-refractivity contribution in [1.29, 1.82) is 0 Å². The molecule has 0 aliphatic carbocycles. The molecule has 6 nitrogen and oxygen atoms in total. The summed E-state index contributed by atoms with van der Waals surface area (Å²) in [6.07, 6.45) is 1.60. The number of benzene rings is 3. The molecule has 0 aliphatic heterocycles. The van der Waals surface area contributed by atoms with Crippen LogP contribution < -0.4 is 4.74 Å². The molecule has 0 atom stereocenters. The van der Waals surface area contributed by atoms with Crippen molar-refractivity contribution < 1.29 is 14.5 Å².